The number of hydrogen-bond donors (Lipinski definition) is 1. The van der Waals surface area contributed by atoms with Crippen LogP contribution in [0.3, 0.4) is 0 Å². The lowest BCUT2D eigenvalue weighted by atomic mass is 10.1. The first kappa shape index (κ1) is 14.1. The summed E-state index contributed by atoms with van der Waals surface area (Å²) in [6.45, 7) is 0.634. The van der Waals surface area contributed by atoms with Crippen LogP contribution in [0.5, 0.6) is 5.75 Å². The molecule has 3 nitrogen and oxygen atoms in total. The fraction of sp³-hybridized carbons (Fsp3) is 0.235. The number of nitrogens with zero attached hydrogens (tertiary/aromatic N) is 1. The monoisotopic (exact) mass is 269 g/mol. The quantitative estimate of drug-likeness (QED) is 0.906. The van der Waals surface area contributed by atoms with E-state index >= 15 is 0 Å². The average Bonchev–Trinajstić information content (AvgIpc) is 2.47. The van der Waals surface area contributed by atoms with E-state index in [1.54, 1.807) is 17.0 Å². The maximum atomic E-state index is 12.1. The normalized spacial score (nSPS) is 10.2. The first-order valence-corrected chi connectivity index (χ1v) is 6.71. The highest BCUT2D eigenvalue weighted by molar-refractivity contribution is 5.76. The molecule has 0 aromatic heterocycles. The molecule has 0 aliphatic carbocycles. The van der Waals surface area contributed by atoms with Crippen molar-refractivity contribution in [2.24, 2.45) is 0 Å². The highest BCUT2D eigenvalue weighted by atomic mass is 16.3. The summed E-state index contributed by atoms with van der Waals surface area (Å²) in [4.78, 5) is 13.8. The smallest absolute Gasteiger partial charge is 0.222 e. The van der Waals surface area contributed by atoms with E-state index < -0.39 is 0 Å². The zero-order valence-electron chi connectivity index (χ0n) is 11.6. The van der Waals surface area contributed by atoms with Crippen molar-refractivity contribution in [1.29, 1.82) is 0 Å². The summed E-state index contributed by atoms with van der Waals surface area (Å²) in [7, 11) is 1.83. The summed E-state index contributed by atoms with van der Waals surface area (Å²) in [6, 6.07) is 16.9. The molecule has 3 heteroatoms. The summed E-state index contributed by atoms with van der Waals surface area (Å²) in [5, 5.41) is 9.21. The molecule has 2 rings (SSSR count). The lowest BCUT2D eigenvalue weighted by Crippen LogP contribution is -2.26. The van der Waals surface area contributed by atoms with Gasteiger partial charge in [-0.25, -0.2) is 0 Å². The lowest BCUT2D eigenvalue weighted by Gasteiger charge is -2.17. The van der Waals surface area contributed by atoms with Crippen molar-refractivity contribution >= 4 is 5.91 Å². The number of phenolic OH excluding ortho intramolecular Hbond substituents is 1. The van der Waals surface area contributed by atoms with Gasteiger partial charge >= 0.3 is 0 Å². The summed E-state index contributed by atoms with van der Waals surface area (Å²) in [5.41, 5.74) is 2.19. The minimum atomic E-state index is 0.127. The Balaban J connectivity index is 1.83. The maximum absolute atomic E-state index is 12.1. The van der Waals surface area contributed by atoms with Crippen molar-refractivity contribution in [2.45, 2.75) is 19.4 Å². The number of benzene rings is 2. The predicted octanol–water partition coefficient (Wildman–Crippen LogP) is 2.98. The fourth-order valence-corrected chi connectivity index (χ4v) is 2.05. The van der Waals surface area contributed by atoms with Crippen LogP contribution in [0.25, 0.3) is 0 Å². The van der Waals surface area contributed by atoms with Gasteiger partial charge in [-0.15, -0.1) is 0 Å². The van der Waals surface area contributed by atoms with Crippen LogP contribution < -0.4 is 0 Å². The minimum Gasteiger partial charge on any atom is -0.508 e. The summed E-state index contributed by atoms with van der Waals surface area (Å²) < 4.78 is 0. The van der Waals surface area contributed by atoms with Gasteiger partial charge in [-0.2, -0.15) is 0 Å². The second kappa shape index (κ2) is 6.75. The Bertz CT molecular complexity index is 549. The van der Waals surface area contributed by atoms with Crippen molar-refractivity contribution in [3.05, 3.63) is 65.7 Å². The molecule has 0 heterocycles. The van der Waals surface area contributed by atoms with Crippen LogP contribution in [0.2, 0.25) is 0 Å². The molecule has 1 N–H and O–H groups in total. The molecule has 0 saturated carbocycles. The summed E-state index contributed by atoms with van der Waals surface area (Å²) in [6.07, 6.45) is 1.17. The zero-order valence-corrected chi connectivity index (χ0v) is 11.6. The van der Waals surface area contributed by atoms with Crippen LogP contribution in [0.15, 0.2) is 54.6 Å². The van der Waals surface area contributed by atoms with E-state index in [9.17, 15) is 9.90 Å². The Kier molecular flexibility index (Phi) is 4.77. The van der Waals surface area contributed by atoms with E-state index in [2.05, 4.69) is 0 Å². The van der Waals surface area contributed by atoms with Crippen LogP contribution >= 0.6 is 0 Å². The van der Waals surface area contributed by atoms with E-state index in [1.165, 1.54) is 0 Å². The Morgan fingerprint density at radius 2 is 1.65 bits per heavy atom. The Morgan fingerprint density at radius 1 is 1.00 bits per heavy atom. The third kappa shape index (κ3) is 4.12. The number of rotatable bonds is 5. The molecule has 1 amide bonds. The number of aryl methyl sites for hydroxylation is 1. The summed E-state index contributed by atoms with van der Waals surface area (Å²) >= 11 is 0. The molecule has 0 unspecified atom stereocenters. The molecule has 2 aromatic carbocycles. The van der Waals surface area contributed by atoms with Crippen LogP contribution in [-0.4, -0.2) is 23.0 Å². The third-order valence-corrected chi connectivity index (χ3v) is 3.25. The molecule has 0 atom stereocenters. The van der Waals surface area contributed by atoms with Crippen LogP contribution in [0, 0.1) is 0 Å². The van der Waals surface area contributed by atoms with Gasteiger partial charge in [-0.05, 0) is 29.7 Å². The molecule has 0 aliphatic heterocycles. The molecular weight excluding hydrogens is 250 g/mol. The number of hydrogen-bond acceptors (Lipinski definition) is 2. The number of amides is 1. The Morgan fingerprint density at radius 3 is 2.30 bits per heavy atom. The van der Waals surface area contributed by atoms with Gasteiger partial charge < -0.3 is 10.0 Å². The van der Waals surface area contributed by atoms with Crippen molar-refractivity contribution < 1.29 is 9.90 Å². The van der Waals surface area contributed by atoms with Gasteiger partial charge in [-0.1, -0.05) is 42.5 Å². The van der Waals surface area contributed by atoms with Gasteiger partial charge in [0.05, 0.1) is 0 Å². The first-order valence-electron chi connectivity index (χ1n) is 6.71. The molecule has 0 bridgehead atoms. The first-order chi connectivity index (χ1) is 9.65. The molecule has 0 fully saturated rings. The zero-order chi connectivity index (χ0) is 14.4. The second-order valence-corrected chi connectivity index (χ2v) is 4.90. The van der Waals surface area contributed by atoms with Gasteiger partial charge in [0.25, 0.3) is 0 Å². The number of carbonyl (C=O) groups excluding carboxylic acids is 1. The van der Waals surface area contributed by atoms with E-state index in [4.69, 9.17) is 0 Å². The highest BCUT2D eigenvalue weighted by Crippen LogP contribution is 2.12. The van der Waals surface area contributed by atoms with Crippen LogP contribution in [-0.2, 0) is 17.8 Å². The minimum absolute atomic E-state index is 0.127. The second-order valence-electron chi connectivity index (χ2n) is 4.90. The molecule has 0 radical (unpaired) electrons. The van der Waals surface area contributed by atoms with E-state index in [1.807, 2.05) is 49.5 Å². The largest absolute Gasteiger partial charge is 0.508 e. The topological polar surface area (TPSA) is 40.5 Å². The summed E-state index contributed by atoms with van der Waals surface area (Å²) in [5.74, 6) is 0.378. The van der Waals surface area contributed by atoms with Crippen molar-refractivity contribution in [1.82, 2.24) is 4.90 Å². The number of carbonyl (C=O) groups is 1. The molecular formula is C17H19NO2. The predicted molar refractivity (Wildman–Crippen MR) is 79.3 cm³/mol. The average molecular weight is 269 g/mol. The van der Waals surface area contributed by atoms with Crippen molar-refractivity contribution in [3.63, 3.8) is 0 Å². The van der Waals surface area contributed by atoms with Crippen molar-refractivity contribution in [2.75, 3.05) is 7.05 Å². The Hall–Kier alpha value is -2.29. The van der Waals surface area contributed by atoms with Crippen LogP contribution in [0.1, 0.15) is 17.5 Å². The van der Waals surface area contributed by atoms with E-state index in [-0.39, 0.29) is 11.7 Å². The van der Waals surface area contributed by atoms with Crippen LogP contribution in [0.4, 0.5) is 0 Å². The van der Waals surface area contributed by atoms with Crippen molar-refractivity contribution in [3.8, 4) is 5.75 Å². The van der Waals surface area contributed by atoms with E-state index in [0.717, 1.165) is 11.1 Å². The standard InChI is InChI=1S/C17H19NO2/c1-18(13-15-5-3-2-4-6-15)17(20)12-9-14-7-10-16(19)11-8-14/h2-8,10-11,19H,9,12-13H2,1H3. The maximum Gasteiger partial charge on any atom is 0.222 e. The van der Waals surface area contributed by atoms with Gasteiger partial charge in [-0.3, -0.25) is 4.79 Å². The molecule has 104 valence electrons. The Labute approximate surface area is 119 Å². The van der Waals surface area contributed by atoms with Gasteiger partial charge in [0.1, 0.15) is 5.75 Å². The van der Waals surface area contributed by atoms with E-state index in [0.29, 0.717) is 19.4 Å². The highest BCUT2D eigenvalue weighted by Gasteiger charge is 2.09. The lowest BCUT2D eigenvalue weighted by molar-refractivity contribution is -0.130. The molecule has 0 aliphatic rings. The fourth-order valence-electron chi connectivity index (χ4n) is 2.05. The molecule has 2 aromatic rings. The molecule has 0 spiro atoms. The molecule has 0 saturated heterocycles. The van der Waals surface area contributed by atoms with Gasteiger partial charge in [0.2, 0.25) is 5.91 Å². The third-order valence-electron chi connectivity index (χ3n) is 3.25. The number of aromatic hydroxyl groups is 1. The SMILES string of the molecule is CN(Cc1ccccc1)C(=O)CCc1ccc(O)cc1. The van der Waals surface area contributed by atoms with Gasteiger partial charge in [0, 0.05) is 20.0 Å². The number of phenols is 1. The van der Waals surface area contributed by atoms with Gasteiger partial charge in [0.15, 0.2) is 0 Å². The molecule has 20 heavy (non-hydrogen) atoms.